The summed E-state index contributed by atoms with van der Waals surface area (Å²) in [5.74, 6) is 0.747. The molecular weight excluding hydrogens is 224 g/mol. The molecule has 0 atom stereocenters. The van der Waals surface area contributed by atoms with E-state index < -0.39 is 0 Å². The van der Waals surface area contributed by atoms with E-state index in [0.717, 1.165) is 42.2 Å². The monoisotopic (exact) mass is 242 g/mol. The molecule has 0 unspecified atom stereocenters. The maximum Gasteiger partial charge on any atom is 0.161 e. The van der Waals surface area contributed by atoms with Gasteiger partial charge >= 0.3 is 0 Å². The summed E-state index contributed by atoms with van der Waals surface area (Å²) in [5.41, 5.74) is 3.15. The van der Waals surface area contributed by atoms with Crippen LogP contribution in [0.2, 0.25) is 0 Å². The summed E-state index contributed by atoms with van der Waals surface area (Å²) in [7, 11) is 0. The van der Waals surface area contributed by atoms with Crippen molar-refractivity contribution in [3.63, 3.8) is 0 Å². The molecule has 2 heterocycles. The van der Waals surface area contributed by atoms with Gasteiger partial charge in [-0.2, -0.15) is 0 Å². The van der Waals surface area contributed by atoms with E-state index in [0.29, 0.717) is 0 Å². The minimum atomic E-state index is 0.747. The number of hydrogen-bond acceptors (Lipinski definition) is 4. The first-order valence-electron chi connectivity index (χ1n) is 6.25. The van der Waals surface area contributed by atoms with Crippen molar-refractivity contribution in [3.05, 3.63) is 42.0 Å². The van der Waals surface area contributed by atoms with Crippen LogP contribution < -0.4 is 5.32 Å². The number of aryl methyl sites for hydroxylation is 1. The molecule has 2 rings (SSSR count). The van der Waals surface area contributed by atoms with E-state index >= 15 is 0 Å². The van der Waals surface area contributed by atoms with Gasteiger partial charge in [-0.25, -0.2) is 9.97 Å². The third-order valence-corrected chi connectivity index (χ3v) is 2.73. The van der Waals surface area contributed by atoms with Crippen molar-refractivity contribution in [1.82, 2.24) is 20.3 Å². The van der Waals surface area contributed by atoms with Gasteiger partial charge in [0.05, 0.1) is 5.69 Å². The molecule has 2 aromatic rings. The summed E-state index contributed by atoms with van der Waals surface area (Å²) in [6.07, 6.45) is 6.52. The lowest BCUT2D eigenvalue weighted by atomic mass is 10.1. The molecule has 0 aliphatic rings. The largest absolute Gasteiger partial charge is 0.311 e. The normalized spacial score (nSPS) is 10.6. The first kappa shape index (κ1) is 12.6. The van der Waals surface area contributed by atoms with Gasteiger partial charge in [-0.3, -0.25) is 4.98 Å². The number of rotatable bonds is 5. The molecule has 4 nitrogen and oxygen atoms in total. The Morgan fingerprint density at radius 3 is 2.89 bits per heavy atom. The van der Waals surface area contributed by atoms with E-state index in [-0.39, 0.29) is 0 Å². The molecule has 0 fully saturated rings. The molecule has 0 radical (unpaired) electrons. The predicted molar refractivity (Wildman–Crippen MR) is 72.0 cm³/mol. The molecule has 0 aliphatic heterocycles. The average molecular weight is 242 g/mol. The summed E-state index contributed by atoms with van der Waals surface area (Å²) < 4.78 is 0. The van der Waals surface area contributed by atoms with Crippen LogP contribution in [0.4, 0.5) is 0 Å². The summed E-state index contributed by atoms with van der Waals surface area (Å²) in [5, 5.41) is 3.34. The van der Waals surface area contributed by atoms with Crippen LogP contribution in [0.25, 0.3) is 11.4 Å². The zero-order chi connectivity index (χ0) is 12.8. The van der Waals surface area contributed by atoms with Crippen molar-refractivity contribution in [3.8, 4) is 11.4 Å². The van der Waals surface area contributed by atoms with Gasteiger partial charge in [0, 0.05) is 30.7 Å². The Balaban J connectivity index is 2.19. The number of nitrogens with one attached hydrogen (secondary N) is 1. The molecule has 0 aromatic carbocycles. The Labute approximate surface area is 108 Å². The first-order chi connectivity index (χ1) is 8.81. The fourth-order valence-electron chi connectivity index (χ4n) is 1.72. The average Bonchev–Trinajstić information content (AvgIpc) is 2.40. The molecule has 4 heteroatoms. The quantitative estimate of drug-likeness (QED) is 0.818. The Bertz CT molecular complexity index is 511. The molecule has 0 amide bonds. The van der Waals surface area contributed by atoms with Gasteiger partial charge < -0.3 is 5.32 Å². The fourth-order valence-corrected chi connectivity index (χ4v) is 1.72. The summed E-state index contributed by atoms with van der Waals surface area (Å²) >= 11 is 0. The molecule has 0 bridgehead atoms. The lowest BCUT2D eigenvalue weighted by Gasteiger charge is -2.06. The Morgan fingerprint density at radius 2 is 2.11 bits per heavy atom. The molecule has 2 aromatic heterocycles. The van der Waals surface area contributed by atoms with Crippen molar-refractivity contribution >= 4 is 0 Å². The standard InChI is InChI=1S/C14H18N4/c1-3-6-15-9-12-5-8-17-14(18-12)13-10-16-7-4-11(13)2/h4-5,7-8,10,15H,3,6,9H2,1-2H3. The van der Waals surface area contributed by atoms with Gasteiger partial charge in [-0.15, -0.1) is 0 Å². The lowest BCUT2D eigenvalue weighted by molar-refractivity contribution is 0.663. The van der Waals surface area contributed by atoms with Crippen molar-refractivity contribution < 1.29 is 0 Å². The second-order valence-corrected chi connectivity index (χ2v) is 4.24. The van der Waals surface area contributed by atoms with E-state index in [1.165, 1.54) is 0 Å². The van der Waals surface area contributed by atoms with Crippen molar-refractivity contribution in [2.45, 2.75) is 26.8 Å². The summed E-state index contributed by atoms with van der Waals surface area (Å²) in [4.78, 5) is 13.0. The van der Waals surface area contributed by atoms with Crippen molar-refractivity contribution in [2.75, 3.05) is 6.54 Å². The van der Waals surface area contributed by atoms with Crippen LogP contribution >= 0.6 is 0 Å². The Hall–Kier alpha value is -1.81. The van der Waals surface area contributed by atoms with Gasteiger partial charge in [0.2, 0.25) is 0 Å². The van der Waals surface area contributed by atoms with Gasteiger partial charge in [0.15, 0.2) is 5.82 Å². The van der Waals surface area contributed by atoms with E-state index in [4.69, 9.17) is 0 Å². The minimum Gasteiger partial charge on any atom is -0.311 e. The van der Waals surface area contributed by atoms with E-state index in [9.17, 15) is 0 Å². The summed E-state index contributed by atoms with van der Waals surface area (Å²) in [6, 6.07) is 3.92. The van der Waals surface area contributed by atoms with Crippen LogP contribution in [0.3, 0.4) is 0 Å². The Morgan fingerprint density at radius 1 is 1.22 bits per heavy atom. The molecule has 0 spiro atoms. The van der Waals surface area contributed by atoms with Crippen molar-refractivity contribution in [2.24, 2.45) is 0 Å². The molecule has 0 aliphatic carbocycles. The number of aromatic nitrogens is 3. The summed E-state index contributed by atoms with van der Waals surface area (Å²) in [6.45, 7) is 5.98. The fraction of sp³-hybridized carbons (Fsp3) is 0.357. The zero-order valence-electron chi connectivity index (χ0n) is 10.8. The highest BCUT2D eigenvalue weighted by Gasteiger charge is 2.05. The van der Waals surface area contributed by atoms with Gasteiger partial charge in [-0.1, -0.05) is 6.92 Å². The van der Waals surface area contributed by atoms with Crippen LogP contribution in [0.5, 0.6) is 0 Å². The zero-order valence-corrected chi connectivity index (χ0v) is 10.8. The second kappa shape index (κ2) is 6.21. The maximum atomic E-state index is 4.56. The maximum absolute atomic E-state index is 4.56. The van der Waals surface area contributed by atoms with Gasteiger partial charge in [0.25, 0.3) is 0 Å². The van der Waals surface area contributed by atoms with Crippen LogP contribution in [0.1, 0.15) is 24.6 Å². The van der Waals surface area contributed by atoms with Crippen LogP contribution in [0, 0.1) is 6.92 Å². The lowest BCUT2D eigenvalue weighted by Crippen LogP contribution is -2.15. The van der Waals surface area contributed by atoms with Crippen molar-refractivity contribution in [1.29, 1.82) is 0 Å². The number of hydrogen-bond donors (Lipinski definition) is 1. The predicted octanol–water partition coefficient (Wildman–Crippen LogP) is 2.35. The first-order valence-corrected chi connectivity index (χ1v) is 6.25. The minimum absolute atomic E-state index is 0.747. The molecule has 1 N–H and O–H groups in total. The van der Waals surface area contributed by atoms with E-state index in [1.54, 1.807) is 12.4 Å². The van der Waals surface area contributed by atoms with Crippen LogP contribution in [-0.4, -0.2) is 21.5 Å². The number of pyridine rings is 1. The highest BCUT2D eigenvalue weighted by atomic mass is 14.9. The highest BCUT2D eigenvalue weighted by Crippen LogP contribution is 2.17. The van der Waals surface area contributed by atoms with Crippen LogP contribution in [0.15, 0.2) is 30.7 Å². The number of nitrogens with zero attached hydrogens (tertiary/aromatic N) is 3. The van der Waals surface area contributed by atoms with Crippen LogP contribution in [-0.2, 0) is 6.54 Å². The molecule has 0 saturated carbocycles. The van der Waals surface area contributed by atoms with Gasteiger partial charge in [-0.05, 0) is 37.6 Å². The molecule has 94 valence electrons. The second-order valence-electron chi connectivity index (χ2n) is 4.24. The topological polar surface area (TPSA) is 50.7 Å². The van der Waals surface area contributed by atoms with Gasteiger partial charge in [0.1, 0.15) is 0 Å². The third kappa shape index (κ3) is 3.11. The molecular formula is C14H18N4. The smallest absolute Gasteiger partial charge is 0.161 e. The molecule has 18 heavy (non-hydrogen) atoms. The van der Waals surface area contributed by atoms with E-state index in [2.05, 4.69) is 27.2 Å². The SMILES string of the molecule is CCCNCc1ccnc(-c2cnccc2C)n1. The third-order valence-electron chi connectivity index (χ3n) is 2.73. The highest BCUT2D eigenvalue weighted by molar-refractivity contribution is 5.57. The molecule has 0 saturated heterocycles. The van der Waals surface area contributed by atoms with E-state index in [1.807, 2.05) is 25.3 Å². The Kier molecular flexibility index (Phi) is 4.36.